The number of rotatable bonds is 11. The largest absolute Gasteiger partial charge is 0.370 e. The van der Waals surface area contributed by atoms with Crippen molar-refractivity contribution in [1.82, 2.24) is 9.88 Å². The molecule has 0 aliphatic carbocycles. The first-order valence-electron chi connectivity index (χ1n) is 12.2. The van der Waals surface area contributed by atoms with Crippen molar-refractivity contribution in [3.63, 3.8) is 0 Å². The first kappa shape index (κ1) is 26.4. The molecular weight excluding hydrogens is 504 g/mol. The van der Waals surface area contributed by atoms with Crippen molar-refractivity contribution in [2.75, 3.05) is 18.4 Å². The molecule has 0 saturated carbocycles. The second kappa shape index (κ2) is 13.0. The number of hydrogen-bond acceptors (Lipinski definition) is 4. The number of anilines is 1. The molecule has 3 aromatic carbocycles. The fourth-order valence-corrected chi connectivity index (χ4v) is 5.32. The zero-order valence-electron chi connectivity index (χ0n) is 20.3. The number of nitrogens with two attached hydrogens (primary N) is 1. The van der Waals surface area contributed by atoms with Gasteiger partial charge in [-0.1, -0.05) is 114 Å². The number of nitrogens with one attached hydrogen (secondary N) is 1. The number of benzene rings is 3. The number of primary amides is 1. The van der Waals surface area contributed by atoms with Gasteiger partial charge in [-0.25, -0.2) is 9.78 Å². The number of aromatic nitrogens is 1. The Labute approximate surface area is 226 Å². The summed E-state index contributed by atoms with van der Waals surface area (Å²) in [5.74, 6) is -0.265. The Morgan fingerprint density at radius 2 is 1.46 bits per heavy atom. The highest BCUT2D eigenvalue weighted by Crippen LogP contribution is 2.35. The SMILES string of the molecule is NC(=O)CCCN(CCC(c1ccccc1)c1ccccc1)C(=O)Nc1nc(-c2ccccc2)c(Cl)s1. The van der Waals surface area contributed by atoms with Gasteiger partial charge in [-0.15, -0.1) is 0 Å². The average Bonchev–Trinajstić information content (AvgIpc) is 3.29. The topological polar surface area (TPSA) is 88.3 Å². The van der Waals surface area contributed by atoms with E-state index in [9.17, 15) is 9.59 Å². The van der Waals surface area contributed by atoms with Crippen LogP contribution in [0.25, 0.3) is 11.3 Å². The van der Waals surface area contributed by atoms with Crippen LogP contribution in [0.15, 0.2) is 91.0 Å². The monoisotopic (exact) mass is 532 g/mol. The Hall–Kier alpha value is -3.68. The molecule has 1 aromatic heterocycles. The zero-order valence-corrected chi connectivity index (χ0v) is 21.9. The lowest BCUT2D eigenvalue weighted by Gasteiger charge is -2.26. The van der Waals surface area contributed by atoms with E-state index in [4.69, 9.17) is 17.3 Å². The highest BCUT2D eigenvalue weighted by atomic mass is 35.5. The molecular formula is C29H29ClN4O2S. The molecule has 3 N–H and O–H groups in total. The van der Waals surface area contributed by atoms with Crippen LogP contribution in [0.1, 0.15) is 36.3 Å². The lowest BCUT2D eigenvalue weighted by molar-refractivity contribution is -0.118. The minimum absolute atomic E-state index is 0.118. The van der Waals surface area contributed by atoms with E-state index in [1.54, 1.807) is 4.90 Å². The predicted octanol–water partition coefficient (Wildman–Crippen LogP) is 6.79. The predicted molar refractivity (Wildman–Crippen MR) is 151 cm³/mol. The maximum Gasteiger partial charge on any atom is 0.323 e. The molecule has 0 aliphatic rings. The second-order valence-electron chi connectivity index (χ2n) is 8.66. The highest BCUT2D eigenvalue weighted by molar-refractivity contribution is 7.20. The number of urea groups is 1. The first-order valence-corrected chi connectivity index (χ1v) is 13.4. The number of halogens is 1. The van der Waals surface area contributed by atoms with Crippen LogP contribution in [0.3, 0.4) is 0 Å². The molecule has 37 heavy (non-hydrogen) atoms. The smallest absolute Gasteiger partial charge is 0.323 e. The number of thiazole rings is 1. The minimum atomic E-state index is -0.383. The molecule has 6 nitrogen and oxygen atoms in total. The number of amides is 3. The molecule has 1 heterocycles. The molecule has 8 heteroatoms. The van der Waals surface area contributed by atoms with Crippen LogP contribution in [0.5, 0.6) is 0 Å². The van der Waals surface area contributed by atoms with Crippen molar-refractivity contribution in [2.45, 2.75) is 25.2 Å². The van der Waals surface area contributed by atoms with E-state index in [0.29, 0.717) is 41.1 Å². The van der Waals surface area contributed by atoms with E-state index in [2.05, 4.69) is 34.6 Å². The molecule has 0 spiro atoms. The summed E-state index contributed by atoms with van der Waals surface area (Å²) in [6.07, 6.45) is 1.41. The van der Waals surface area contributed by atoms with Crippen molar-refractivity contribution in [3.05, 3.63) is 106 Å². The van der Waals surface area contributed by atoms with Crippen LogP contribution in [0.2, 0.25) is 4.34 Å². The van der Waals surface area contributed by atoms with E-state index >= 15 is 0 Å². The standard InChI is InChI=1S/C29H29ClN4O2S/c30-27-26(23-15-8-3-9-16-23)32-28(37-27)33-29(36)34(19-10-17-25(31)35)20-18-24(21-11-4-1-5-12-21)22-13-6-2-7-14-22/h1-9,11-16,24H,10,17-20H2,(H2,31,35)(H,32,33,36). The summed E-state index contributed by atoms with van der Waals surface area (Å²) in [6, 6.07) is 29.9. The molecule has 0 unspecified atom stereocenters. The van der Waals surface area contributed by atoms with Gasteiger partial charge in [0.1, 0.15) is 10.0 Å². The Balaban J connectivity index is 1.51. The van der Waals surface area contributed by atoms with Crippen molar-refractivity contribution >= 4 is 40.0 Å². The van der Waals surface area contributed by atoms with Gasteiger partial charge in [-0.2, -0.15) is 0 Å². The fourth-order valence-electron chi connectivity index (χ4n) is 4.24. The normalized spacial score (nSPS) is 10.9. The van der Waals surface area contributed by atoms with Crippen LogP contribution in [0, 0.1) is 0 Å². The van der Waals surface area contributed by atoms with E-state index < -0.39 is 0 Å². The number of nitrogens with zero attached hydrogens (tertiary/aromatic N) is 2. The van der Waals surface area contributed by atoms with Gasteiger partial charge in [0.05, 0.1) is 0 Å². The van der Waals surface area contributed by atoms with Gasteiger partial charge in [0.15, 0.2) is 5.13 Å². The van der Waals surface area contributed by atoms with Crippen LogP contribution < -0.4 is 11.1 Å². The molecule has 3 amide bonds. The fraction of sp³-hybridized carbons (Fsp3) is 0.207. The molecule has 0 aliphatic heterocycles. The first-order chi connectivity index (χ1) is 18.0. The van der Waals surface area contributed by atoms with Crippen molar-refractivity contribution < 1.29 is 9.59 Å². The molecule has 0 saturated heterocycles. The van der Waals surface area contributed by atoms with Crippen LogP contribution in [0.4, 0.5) is 9.93 Å². The van der Waals surface area contributed by atoms with E-state index in [0.717, 1.165) is 5.56 Å². The Bertz CT molecular complexity index is 1260. The summed E-state index contributed by atoms with van der Waals surface area (Å²) < 4.78 is 0.509. The van der Waals surface area contributed by atoms with E-state index in [1.807, 2.05) is 66.7 Å². The Kier molecular flexibility index (Phi) is 9.29. The minimum Gasteiger partial charge on any atom is -0.370 e. The van der Waals surface area contributed by atoms with Gasteiger partial charge in [0.2, 0.25) is 5.91 Å². The molecule has 0 bridgehead atoms. The second-order valence-corrected chi connectivity index (χ2v) is 10.3. The van der Waals surface area contributed by atoms with Crippen LogP contribution in [-0.2, 0) is 4.79 Å². The Morgan fingerprint density at radius 3 is 2.03 bits per heavy atom. The maximum atomic E-state index is 13.4. The highest BCUT2D eigenvalue weighted by Gasteiger charge is 2.21. The molecule has 0 fully saturated rings. The number of carbonyl (C=O) groups excluding carboxylic acids is 2. The molecule has 190 valence electrons. The molecule has 4 aromatic rings. The molecule has 0 radical (unpaired) electrons. The van der Waals surface area contributed by atoms with Crippen LogP contribution >= 0.6 is 22.9 Å². The van der Waals surface area contributed by atoms with Gasteiger partial charge in [0, 0.05) is 31.0 Å². The van der Waals surface area contributed by atoms with Crippen molar-refractivity contribution in [2.24, 2.45) is 5.73 Å². The Morgan fingerprint density at radius 1 is 0.892 bits per heavy atom. The lowest BCUT2D eigenvalue weighted by atomic mass is 9.88. The van der Waals surface area contributed by atoms with Gasteiger partial charge < -0.3 is 10.6 Å². The van der Waals surface area contributed by atoms with Crippen LogP contribution in [-0.4, -0.2) is 34.9 Å². The quantitative estimate of drug-likeness (QED) is 0.223. The summed E-state index contributed by atoms with van der Waals surface area (Å²) in [7, 11) is 0. The van der Waals surface area contributed by atoms with Gasteiger partial charge >= 0.3 is 6.03 Å². The van der Waals surface area contributed by atoms with E-state index in [-0.39, 0.29) is 24.3 Å². The average molecular weight is 533 g/mol. The van der Waals surface area contributed by atoms with Gasteiger partial charge in [-0.05, 0) is 24.0 Å². The van der Waals surface area contributed by atoms with Gasteiger partial charge in [0.25, 0.3) is 0 Å². The summed E-state index contributed by atoms with van der Waals surface area (Å²) >= 11 is 7.66. The summed E-state index contributed by atoms with van der Waals surface area (Å²) in [4.78, 5) is 31.0. The van der Waals surface area contributed by atoms with Crippen molar-refractivity contribution in [1.29, 1.82) is 0 Å². The number of hydrogen-bond donors (Lipinski definition) is 2. The molecule has 0 atom stereocenters. The third-order valence-electron chi connectivity index (χ3n) is 6.08. The lowest BCUT2D eigenvalue weighted by Crippen LogP contribution is -2.37. The zero-order chi connectivity index (χ0) is 26.0. The third-order valence-corrected chi connectivity index (χ3v) is 7.25. The van der Waals surface area contributed by atoms with Gasteiger partial charge in [-0.3, -0.25) is 10.1 Å². The van der Waals surface area contributed by atoms with Crippen molar-refractivity contribution in [3.8, 4) is 11.3 Å². The maximum absolute atomic E-state index is 13.4. The number of carbonyl (C=O) groups is 2. The third kappa shape index (κ3) is 7.41. The molecule has 4 rings (SSSR count). The summed E-state index contributed by atoms with van der Waals surface area (Å²) in [5, 5.41) is 3.34. The van der Waals surface area contributed by atoms with E-state index in [1.165, 1.54) is 22.5 Å². The summed E-state index contributed by atoms with van der Waals surface area (Å²) in [6.45, 7) is 0.888. The summed E-state index contributed by atoms with van der Waals surface area (Å²) in [5.41, 5.74) is 9.24.